The third kappa shape index (κ3) is 2.49. The van der Waals surface area contributed by atoms with E-state index in [1.165, 1.54) is 0 Å². The quantitative estimate of drug-likeness (QED) is 0.639. The van der Waals surface area contributed by atoms with Crippen molar-refractivity contribution in [3.8, 4) is 16.9 Å². The molecule has 0 aliphatic heterocycles. The van der Waals surface area contributed by atoms with Crippen molar-refractivity contribution < 1.29 is 14.6 Å². The predicted octanol–water partition coefficient (Wildman–Crippen LogP) is 2.35. The van der Waals surface area contributed by atoms with Crippen LogP contribution in [0.3, 0.4) is 0 Å². The monoisotopic (exact) mass is 330 g/mol. The molecular formula is C16H16N3O3S+. The molecule has 23 heavy (non-hydrogen) atoms. The number of methoxy groups -OCH3 is 1. The highest BCUT2D eigenvalue weighted by Crippen LogP contribution is 2.43. The number of H-pyrrole nitrogens is 1. The van der Waals surface area contributed by atoms with Crippen LogP contribution in [0.15, 0.2) is 35.5 Å². The molecule has 0 aliphatic carbocycles. The van der Waals surface area contributed by atoms with Crippen molar-refractivity contribution in [1.82, 2.24) is 9.97 Å². The molecule has 0 unspecified atom stereocenters. The van der Waals surface area contributed by atoms with Crippen LogP contribution in [0, 0.1) is 0 Å². The Morgan fingerprint density at radius 1 is 1.43 bits per heavy atom. The van der Waals surface area contributed by atoms with Gasteiger partial charge in [-0.3, -0.25) is 0 Å². The van der Waals surface area contributed by atoms with E-state index in [1.807, 2.05) is 18.2 Å². The van der Waals surface area contributed by atoms with Crippen molar-refractivity contribution in [2.75, 3.05) is 19.5 Å². The lowest BCUT2D eigenvalue weighted by atomic mass is 10.0. The highest BCUT2D eigenvalue weighted by atomic mass is 32.1. The van der Waals surface area contributed by atoms with E-state index in [4.69, 9.17) is 4.74 Å². The summed E-state index contributed by atoms with van der Waals surface area (Å²) in [5.74, 6) is -0.378. The minimum atomic E-state index is -1.01. The molecule has 3 rings (SSSR count). The maximum Gasteiger partial charge on any atom is 0.352 e. The number of nitrogens with zero attached hydrogens (tertiary/aromatic N) is 1. The molecule has 0 fully saturated rings. The van der Waals surface area contributed by atoms with Crippen molar-refractivity contribution in [2.45, 2.75) is 5.03 Å². The average molecular weight is 330 g/mol. The summed E-state index contributed by atoms with van der Waals surface area (Å²) in [6.07, 6.45) is 1.69. The number of pyridine rings is 1. The van der Waals surface area contributed by atoms with Gasteiger partial charge in [0.1, 0.15) is 11.4 Å². The van der Waals surface area contributed by atoms with Gasteiger partial charge in [0.05, 0.1) is 29.4 Å². The zero-order valence-corrected chi connectivity index (χ0v) is 13.6. The number of anilines is 1. The number of ether oxygens (including phenoxy) is 1. The van der Waals surface area contributed by atoms with Crippen LogP contribution >= 0.6 is 0 Å². The Balaban J connectivity index is 2.40. The molecule has 3 N–H and O–H groups in total. The van der Waals surface area contributed by atoms with Crippen LogP contribution in [-0.2, 0) is 12.6 Å². The van der Waals surface area contributed by atoms with Gasteiger partial charge < -0.3 is 20.1 Å². The Labute approximate surface area is 137 Å². The van der Waals surface area contributed by atoms with E-state index >= 15 is 0 Å². The Morgan fingerprint density at radius 2 is 2.22 bits per heavy atom. The summed E-state index contributed by atoms with van der Waals surface area (Å²) in [4.78, 5) is 18.4. The summed E-state index contributed by atoms with van der Waals surface area (Å²) in [5.41, 5.74) is 3.23. The van der Waals surface area contributed by atoms with Gasteiger partial charge in [-0.15, -0.1) is 0 Å². The second kappa shape index (κ2) is 5.85. The number of nitrogens with one attached hydrogen (secondary N) is 2. The van der Waals surface area contributed by atoms with Crippen molar-refractivity contribution >= 4 is 35.2 Å². The van der Waals surface area contributed by atoms with Gasteiger partial charge in [-0.2, -0.15) is 0 Å². The summed E-state index contributed by atoms with van der Waals surface area (Å²) in [6, 6.07) is 7.15. The van der Waals surface area contributed by atoms with Crippen LogP contribution in [-0.4, -0.2) is 35.2 Å². The number of aromatic carboxylic acids is 1. The molecule has 0 spiro atoms. The molecule has 0 atom stereocenters. The maximum atomic E-state index is 11.2. The number of hydrogen-bond donors (Lipinski definition) is 3. The van der Waals surface area contributed by atoms with Gasteiger partial charge in [-0.05, 0) is 24.3 Å². The second-order valence-electron chi connectivity index (χ2n) is 4.93. The summed E-state index contributed by atoms with van der Waals surface area (Å²) in [7, 11) is 3.36. The van der Waals surface area contributed by atoms with Crippen LogP contribution in [0.4, 0.5) is 5.69 Å². The van der Waals surface area contributed by atoms with Crippen molar-refractivity contribution in [3.05, 3.63) is 36.2 Å². The first-order valence-electron chi connectivity index (χ1n) is 6.88. The molecule has 3 aromatic rings. The van der Waals surface area contributed by atoms with Gasteiger partial charge in [-0.1, -0.05) is 0 Å². The predicted molar refractivity (Wildman–Crippen MR) is 93.0 cm³/mol. The molecule has 1 aromatic carbocycles. The number of carboxylic acid groups (broad SMARTS) is 1. The molecule has 118 valence electrons. The zero-order chi connectivity index (χ0) is 16.6. The summed E-state index contributed by atoms with van der Waals surface area (Å²) >= 11 is 3.51. The first-order chi connectivity index (χ1) is 11.1. The molecule has 7 heteroatoms. The fourth-order valence-corrected chi connectivity index (χ4v) is 2.94. The van der Waals surface area contributed by atoms with Crippen LogP contribution < -0.4 is 10.1 Å². The van der Waals surface area contributed by atoms with Gasteiger partial charge >= 0.3 is 5.97 Å². The van der Waals surface area contributed by atoms with Gasteiger partial charge in [0, 0.05) is 31.3 Å². The number of benzene rings is 1. The Morgan fingerprint density at radius 3 is 2.83 bits per heavy atom. The number of aromatic nitrogens is 2. The summed E-state index contributed by atoms with van der Waals surface area (Å²) in [6.45, 7) is 0. The van der Waals surface area contributed by atoms with Crippen LogP contribution in [0.25, 0.3) is 22.0 Å². The molecule has 0 saturated carbocycles. The fourth-order valence-electron chi connectivity index (χ4n) is 2.65. The van der Waals surface area contributed by atoms with Gasteiger partial charge in [0.15, 0.2) is 0 Å². The van der Waals surface area contributed by atoms with Gasteiger partial charge in [0.25, 0.3) is 0 Å². The minimum absolute atomic E-state index is 0.125. The van der Waals surface area contributed by atoms with Crippen LogP contribution in [0.5, 0.6) is 5.75 Å². The zero-order valence-electron chi connectivity index (χ0n) is 12.6. The van der Waals surface area contributed by atoms with Crippen molar-refractivity contribution in [2.24, 2.45) is 0 Å². The molecule has 0 bridgehead atoms. The third-order valence-electron chi connectivity index (χ3n) is 3.66. The lowest BCUT2D eigenvalue weighted by Gasteiger charge is -2.15. The van der Waals surface area contributed by atoms with E-state index in [1.54, 1.807) is 26.4 Å². The smallest absolute Gasteiger partial charge is 0.352 e. The number of hydrogen-bond acceptors (Lipinski definition) is 4. The Hall–Kier alpha value is -2.67. The average Bonchev–Trinajstić information content (AvgIpc) is 2.97. The molecule has 0 radical (unpaired) electrons. The van der Waals surface area contributed by atoms with Crippen molar-refractivity contribution in [3.63, 3.8) is 0 Å². The highest BCUT2D eigenvalue weighted by Gasteiger charge is 2.21. The van der Waals surface area contributed by atoms with Gasteiger partial charge in [0.2, 0.25) is 5.03 Å². The largest absolute Gasteiger partial charge is 0.496 e. The summed E-state index contributed by atoms with van der Waals surface area (Å²) < 4.78 is 5.52. The maximum absolute atomic E-state index is 11.2. The molecule has 0 aliphatic rings. The van der Waals surface area contributed by atoms with E-state index < -0.39 is 5.97 Å². The molecule has 0 saturated heterocycles. The van der Waals surface area contributed by atoms with Crippen molar-refractivity contribution in [1.29, 1.82) is 0 Å². The molecule has 2 aromatic heterocycles. The van der Waals surface area contributed by atoms with E-state index in [0.29, 0.717) is 16.3 Å². The number of carbonyl (C=O) groups is 1. The normalized spacial score (nSPS) is 10.7. The first kappa shape index (κ1) is 15.2. The minimum Gasteiger partial charge on any atom is -0.496 e. The summed E-state index contributed by atoms with van der Waals surface area (Å²) in [5, 5.41) is 13.8. The Kier molecular flexibility index (Phi) is 3.87. The Bertz CT molecular complexity index is 905. The topological polar surface area (TPSA) is 87.2 Å². The van der Waals surface area contributed by atoms with E-state index in [2.05, 4.69) is 27.9 Å². The molecule has 0 amide bonds. The number of fused-ring (bicyclic) bond motifs is 1. The lowest BCUT2D eigenvalue weighted by molar-refractivity contribution is 0.0691. The standard InChI is InChI=1S/C16H15N3O3S/c1-17-14-12(9-4-3-5-18-15(9)23)11(22-2)7-8-6-10(16(20)21)19-13(8)14/h3-7,17,19H,1-2H3,(H,18,23)(H,20,21)/p+1. The number of rotatable bonds is 4. The lowest BCUT2D eigenvalue weighted by Crippen LogP contribution is -1.99. The van der Waals surface area contributed by atoms with E-state index in [9.17, 15) is 9.90 Å². The number of aromatic amines is 1. The highest BCUT2D eigenvalue weighted by molar-refractivity contribution is 7.58. The first-order valence-corrected chi connectivity index (χ1v) is 7.38. The van der Waals surface area contributed by atoms with E-state index in [-0.39, 0.29) is 5.69 Å². The molecule has 2 heterocycles. The van der Waals surface area contributed by atoms with Crippen LogP contribution in [0.1, 0.15) is 10.5 Å². The SMILES string of the molecule is CNc1c(-c2cccnc2[SH2+])c(OC)cc2cc(C(=O)O)[nH]c12. The number of carboxylic acids is 1. The van der Waals surface area contributed by atoms with E-state index in [0.717, 1.165) is 22.2 Å². The molecular weight excluding hydrogens is 314 g/mol. The van der Waals surface area contributed by atoms with Crippen LogP contribution in [0.2, 0.25) is 0 Å². The van der Waals surface area contributed by atoms with Gasteiger partial charge in [-0.25, -0.2) is 9.78 Å². The second-order valence-corrected chi connectivity index (χ2v) is 5.40. The fraction of sp³-hybridized carbons (Fsp3) is 0.125. The third-order valence-corrected chi connectivity index (χ3v) is 4.06. The molecule has 6 nitrogen and oxygen atoms in total.